The van der Waals surface area contributed by atoms with Crippen LogP contribution in [-0.2, 0) is 12.7 Å². The molecule has 2 aromatic heterocycles. The number of amides is 1. The predicted octanol–water partition coefficient (Wildman–Crippen LogP) is 5.47. The molecule has 2 aromatic carbocycles. The number of hydrogen-bond acceptors (Lipinski definition) is 3. The van der Waals surface area contributed by atoms with E-state index in [0.29, 0.717) is 22.5 Å². The third-order valence-electron chi connectivity index (χ3n) is 5.09. The van der Waals surface area contributed by atoms with Crippen molar-refractivity contribution in [1.82, 2.24) is 19.9 Å². The van der Waals surface area contributed by atoms with Gasteiger partial charge in [-0.1, -0.05) is 56.3 Å². The minimum Gasteiger partial charge on any atom is -0.348 e. The van der Waals surface area contributed by atoms with Crippen LogP contribution in [0.5, 0.6) is 0 Å². The van der Waals surface area contributed by atoms with E-state index in [2.05, 4.69) is 15.4 Å². The summed E-state index contributed by atoms with van der Waals surface area (Å²) in [5, 5.41) is 7.36. The molecule has 1 N–H and O–H groups in total. The standard InChI is InChI=1S/C24H21F3N4O/c1-15(2)22-19(23(32)29-13-16-7-6-10-18(11-16)24(25,26)27)14-28-21-12-20(30-31(21)22)17-8-4-3-5-9-17/h3-12,14-15H,13H2,1-2H3,(H,29,32). The first-order valence-corrected chi connectivity index (χ1v) is 10.1. The maximum absolute atomic E-state index is 12.9. The summed E-state index contributed by atoms with van der Waals surface area (Å²) in [5.74, 6) is -0.462. The highest BCUT2D eigenvalue weighted by Gasteiger charge is 2.30. The van der Waals surface area contributed by atoms with Gasteiger partial charge >= 0.3 is 6.18 Å². The number of benzene rings is 2. The van der Waals surface area contributed by atoms with Gasteiger partial charge in [-0.3, -0.25) is 4.79 Å². The quantitative estimate of drug-likeness (QED) is 0.450. The van der Waals surface area contributed by atoms with Crippen LogP contribution >= 0.6 is 0 Å². The number of carbonyl (C=O) groups is 1. The Morgan fingerprint density at radius 2 is 1.81 bits per heavy atom. The van der Waals surface area contributed by atoms with Gasteiger partial charge in [0, 0.05) is 24.4 Å². The van der Waals surface area contributed by atoms with E-state index < -0.39 is 17.6 Å². The molecule has 1 amide bonds. The first-order chi connectivity index (χ1) is 15.2. The monoisotopic (exact) mass is 438 g/mol. The molecule has 0 bridgehead atoms. The number of aromatic nitrogens is 3. The van der Waals surface area contributed by atoms with Crippen molar-refractivity contribution in [3.05, 3.63) is 89.2 Å². The van der Waals surface area contributed by atoms with E-state index in [4.69, 9.17) is 0 Å². The summed E-state index contributed by atoms with van der Waals surface area (Å²) in [7, 11) is 0. The predicted molar refractivity (Wildman–Crippen MR) is 115 cm³/mol. The topological polar surface area (TPSA) is 59.3 Å². The van der Waals surface area contributed by atoms with Crippen LogP contribution in [0, 0.1) is 0 Å². The maximum Gasteiger partial charge on any atom is 0.416 e. The third-order valence-corrected chi connectivity index (χ3v) is 5.09. The summed E-state index contributed by atoms with van der Waals surface area (Å²) in [5.41, 5.74) is 2.91. The minimum absolute atomic E-state index is 0.0350. The van der Waals surface area contributed by atoms with Crippen molar-refractivity contribution in [1.29, 1.82) is 0 Å². The number of rotatable bonds is 5. The molecular formula is C24H21F3N4O. The van der Waals surface area contributed by atoms with E-state index in [-0.39, 0.29) is 12.5 Å². The SMILES string of the molecule is CC(C)c1c(C(=O)NCc2cccc(C(F)(F)F)c2)cnc2cc(-c3ccccc3)nn12. The lowest BCUT2D eigenvalue weighted by molar-refractivity contribution is -0.137. The largest absolute Gasteiger partial charge is 0.416 e. The summed E-state index contributed by atoms with van der Waals surface area (Å²) < 4.78 is 40.5. The van der Waals surface area contributed by atoms with E-state index in [1.54, 1.807) is 10.6 Å². The molecule has 5 nitrogen and oxygen atoms in total. The molecule has 0 fully saturated rings. The van der Waals surface area contributed by atoms with Crippen molar-refractivity contribution in [3.63, 3.8) is 0 Å². The first kappa shape index (κ1) is 21.5. The second-order valence-corrected chi connectivity index (χ2v) is 7.76. The summed E-state index contributed by atoms with van der Waals surface area (Å²) in [6.45, 7) is 3.86. The Hall–Kier alpha value is -3.68. The number of nitrogens with zero attached hydrogens (tertiary/aromatic N) is 3. The van der Waals surface area contributed by atoms with E-state index >= 15 is 0 Å². The molecular weight excluding hydrogens is 417 g/mol. The fourth-order valence-electron chi connectivity index (χ4n) is 3.57. The van der Waals surface area contributed by atoms with Gasteiger partial charge in [0.05, 0.1) is 22.5 Å². The summed E-state index contributed by atoms with van der Waals surface area (Å²) >= 11 is 0. The van der Waals surface area contributed by atoms with Gasteiger partial charge in [0.15, 0.2) is 5.65 Å². The lowest BCUT2D eigenvalue weighted by Crippen LogP contribution is -2.26. The average Bonchev–Trinajstić information content (AvgIpc) is 3.21. The Bertz CT molecular complexity index is 1260. The summed E-state index contributed by atoms with van der Waals surface area (Å²) in [6, 6.07) is 16.4. The molecule has 8 heteroatoms. The molecule has 0 unspecified atom stereocenters. The Labute approximate surface area is 182 Å². The van der Waals surface area contributed by atoms with Crippen LogP contribution in [0.25, 0.3) is 16.9 Å². The number of fused-ring (bicyclic) bond motifs is 1. The Balaban J connectivity index is 1.63. The van der Waals surface area contributed by atoms with Crippen LogP contribution in [0.1, 0.15) is 46.9 Å². The molecule has 0 saturated heterocycles. The van der Waals surface area contributed by atoms with E-state index in [1.807, 2.05) is 50.2 Å². The molecule has 0 aliphatic rings. The minimum atomic E-state index is -4.43. The van der Waals surface area contributed by atoms with Gasteiger partial charge in [-0.15, -0.1) is 0 Å². The fraction of sp³-hybridized carbons (Fsp3) is 0.208. The Morgan fingerprint density at radius 1 is 1.06 bits per heavy atom. The van der Waals surface area contributed by atoms with Gasteiger partial charge in [-0.25, -0.2) is 9.50 Å². The van der Waals surface area contributed by atoms with Crippen molar-refractivity contribution < 1.29 is 18.0 Å². The number of hydrogen-bond donors (Lipinski definition) is 1. The smallest absolute Gasteiger partial charge is 0.348 e. The van der Waals surface area contributed by atoms with Gasteiger partial charge < -0.3 is 5.32 Å². The molecule has 2 heterocycles. The summed E-state index contributed by atoms with van der Waals surface area (Å²) in [6.07, 6.45) is -2.95. The fourth-order valence-corrected chi connectivity index (χ4v) is 3.57. The van der Waals surface area contributed by atoms with Crippen LogP contribution < -0.4 is 5.32 Å². The highest BCUT2D eigenvalue weighted by molar-refractivity contribution is 5.95. The highest BCUT2D eigenvalue weighted by Crippen LogP contribution is 2.29. The Morgan fingerprint density at radius 3 is 2.50 bits per heavy atom. The van der Waals surface area contributed by atoms with Crippen molar-refractivity contribution in [2.45, 2.75) is 32.5 Å². The van der Waals surface area contributed by atoms with Crippen molar-refractivity contribution in [2.75, 3.05) is 0 Å². The van der Waals surface area contributed by atoms with Crippen LogP contribution in [0.2, 0.25) is 0 Å². The lowest BCUT2D eigenvalue weighted by Gasteiger charge is -2.14. The highest BCUT2D eigenvalue weighted by atomic mass is 19.4. The van der Waals surface area contributed by atoms with Crippen LogP contribution in [0.3, 0.4) is 0 Å². The average molecular weight is 438 g/mol. The van der Waals surface area contributed by atoms with Gasteiger partial charge in [-0.05, 0) is 23.6 Å². The number of halogens is 3. The number of carbonyl (C=O) groups excluding carboxylic acids is 1. The van der Waals surface area contributed by atoms with Gasteiger partial charge in [0.1, 0.15) is 0 Å². The summed E-state index contributed by atoms with van der Waals surface area (Å²) in [4.78, 5) is 17.3. The molecule has 0 spiro atoms. The molecule has 0 aliphatic carbocycles. The molecule has 164 valence electrons. The third kappa shape index (κ3) is 4.34. The van der Waals surface area contributed by atoms with Crippen LogP contribution in [-0.4, -0.2) is 20.5 Å². The number of nitrogens with one attached hydrogen (secondary N) is 1. The molecule has 32 heavy (non-hydrogen) atoms. The molecule has 4 rings (SSSR count). The second kappa shape index (κ2) is 8.45. The zero-order valence-corrected chi connectivity index (χ0v) is 17.5. The number of alkyl halides is 3. The van der Waals surface area contributed by atoms with Crippen LogP contribution in [0.15, 0.2) is 66.9 Å². The zero-order valence-electron chi connectivity index (χ0n) is 17.5. The van der Waals surface area contributed by atoms with Gasteiger partial charge in [-0.2, -0.15) is 18.3 Å². The molecule has 4 aromatic rings. The molecule has 0 saturated carbocycles. The van der Waals surface area contributed by atoms with E-state index in [1.165, 1.54) is 12.3 Å². The molecule has 0 radical (unpaired) electrons. The van der Waals surface area contributed by atoms with Gasteiger partial charge in [0.25, 0.3) is 5.91 Å². The second-order valence-electron chi connectivity index (χ2n) is 7.76. The lowest BCUT2D eigenvalue weighted by atomic mass is 10.0. The Kier molecular flexibility index (Phi) is 5.69. The normalized spacial score (nSPS) is 11.8. The van der Waals surface area contributed by atoms with E-state index in [9.17, 15) is 18.0 Å². The molecule has 0 atom stereocenters. The molecule has 0 aliphatic heterocycles. The van der Waals surface area contributed by atoms with Crippen molar-refractivity contribution >= 4 is 11.6 Å². The maximum atomic E-state index is 12.9. The van der Waals surface area contributed by atoms with E-state index in [0.717, 1.165) is 23.4 Å². The first-order valence-electron chi connectivity index (χ1n) is 10.1. The van der Waals surface area contributed by atoms with Gasteiger partial charge in [0.2, 0.25) is 0 Å². The van der Waals surface area contributed by atoms with Crippen molar-refractivity contribution in [3.8, 4) is 11.3 Å². The zero-order chi connectivity index (χ0) is 22.9. The van der Waals surface area contributed by atoms with Crippen molar-refractivity contribution in [2.24, 2.45) is 0 Å². The van der Waals surface area contributed by atoms with Crippen LogP contribution in [0.4, 0.5) is 13.2 Å².